The van der Waals surface area contributed by atoms with Crippen molar-refractivity contribution in [3.8, 4) is 0 Å². The molecule has 0 atom stereocenters. The molecule has 4 N–H and O–H groups in total. The Morgan fingerprint density at radius 3 is 3.00 bits per heavy atom. The average molecular weight is 201 g/mol. The van der Waals surface area contributed by atoms with E-state index < -0.39 is 5.91 Å². The number of ether oxygens (including phenoxy) is 1. The number of carbonyl (C=O) groups is 1. The van der Waals surface area contributed by atoms with Crippen molar-refractivity contribution in [3.05, 3.63) is 5.82 Å². The molecule has 8 heteroatoms. The number of amides is 1. The molecule has 0 fully saturated rings. The van der Waals surface area contributed by atoms with Gasteiger partial charge in [-0.15, -0.1) is 5.10 Å². The largest absolute Gasteiger partial charge is 0.382 e. The first-order valence-electron chi connectivity index (χ1n) is 3.83. The zero-order chi connectivity index (χ0) is 10.4. The fourth-order valence-corrected chi connectivity index (χ4v) is 0.666. The van der Waals surface area contributed by atoms with Crippen LogP contribution in [-0.2, 0) is 9.57 Å². The second kappa shape index (κ2) is 5.14. The van der Waals surface area contributed by atoms with Crippen LogP contribution in [0.2, 0.25) is 0 Å². The minimum atomic E-state index is -0.537. The van der Waals surface area contributed by atoms with Crippen LogP contribution in [0.3, 0.4) is 0 Å². The maximum absolute atomic E-state index is 11.2. The molecule has 78 valence electrons. The minimum Gasteiger partial charge on any atom is -0.382 e. The third-order valence-electron chi connectivity index (χ3n) is 1.27. The van der Waals surface area contributed by atoms with E-state index in [2.05, 4.69) is 20.7 Å². The second-order valence-electron chi connectivity index (χ2n) is 2.31. The van der Waals surface area contributed by atoms with Crippen LogP contribution in [0.15, 0.2) is 0 Å². The van der Waals surface area contributed by atoms with Crippen molar-refractivity contribution in [2.24, 2.45) is 0 Å². The Morgan fingerprint density at radius 2 is 2.43 bits per heavy atom. The highest BCUT2D eigenvalue weighted by molar-refractivity contribution is 5.89. The van der Waals surface area contributed by atoms with Crippen LogP contribution in [0.25, 0.3) is 0 Å². The summed E-state index contributed by atoms with van der Waals surface area (Å²) < 4.78 is 4.70. The topological polar surface area (TPSA) is 115 Å². The second-order valence-corrected chi connectivity index (χ2v) is 2.31. The maximum atomic E-state index is 11.2. The summed E-state index contributed by atoms with van der Waals surface area (Å²) in [5.41, 5.74) is 7.34. The molecule has 14 heavy (non-hydrogen) atoms. The molecule has 0 unspecified atom stereocenters. The summed E-state index contributed by atoms with van der Waals surface area (Å²) in [4.78, 5) is 19.5. The van der Waals surface area contributed by atoms with Crippen molar-refractivity contribution in [3.63, 3.8) is 0 Å². The summed E-state index contributed by atoms with van der Waals surface area (Å²) in [5, 5.41) is 5.82. The molecule has 1 rings (SSSR count). The smallest absolute Gasteiger partial charge is 0.312 e. The van der Waals surface area contributed by atoms with Crippen LogP contribution in [0, 0.1) is 0 Å². The molecular formula is C6H11N5O3. The summed E-state index contributed by atoms with van der Waals surface area (Å²) >= 11 is 0. The van der Waals surface area contributed by atoms with Gasteiger partial charge in [0.1, 0.15) is 0 Å². The quantitative estimate of drug-likeness (QED) is 0.402. The number of nitrogen functional groups attached to an aromatic ring is 1. The molecule has 0 bridgehead atoms. The molecular weight excluding hydrogens is 190 g/mol. The Balaban J connectivity index is 2.29. The van der Waals surface area contributed by atoms with Crippen LogP contribution in [-0.4, -0.2) is 41.4 Å². The molecule has 1 amide bonds. The Bertz CT molecular complexity index is 299. The van der Waals surface area contributed by atoms with Gasteiger partial charge in [-0.25, -0.2) is 5.48 Å². The molecule has 0 aliphatic rings. The summed E-state index contributed by atoms with van der Waals surface area (Å²) in [6, 6.07) is 0. The number of aromatic nitrogens is 3. The van der Waals surface area contributed by atoms with Gasteiger partial charge in [0.15, 0.2) is 0 Å². The predicted octanol–water partition coefficient (Wildman–Crippen LogP) is -1.31. The van der Waals surface area contributed by atoms with Gasteiger partial charge in [-0.05, 0) is 0 Å². The molecule has 0 spiro atoms. The van der Waals surface area contributed by atoms with Crippen molar-refractivity contribution in [1.82, 2.24) is 20.7 Å². The van der Waals surface area contributed by atoms with Gasteiger partial charge in [0, 0.05) is 7.11 Å². The lowest BCUT2D eigenvalue weighted by molar-refractivity contribution is 0.00827. The van der Waals surface area contributed by atoms with E-state index in [4.69, 9.17) is 15.3 Å². The third-order valence-corrected chi connectivity index (χ3v) is 1.27. The highest BCUT2D eigenvalue weighted by atomic mass is 16.7. The molecule has 0 aromatic carbocycles. The summed E-state index contributed by atoms with van der Waals surface area (Å²) in [6.07, 6.45) is 0. The van der Waals surface area contributed by atoms with Crippen molar-refractivity contribution in [1.29, 1.82) is 0 Å². The van der Waals surface area contributed by atoms with Crippen molar-refractivity contribution >= 4 is 11.9 Å². The van der Waals surface area contributed by atoms with Crippen LogP contribution < -0.4 is 11.2 Å². The highest BCUT2D eigenvalue weighted by Crippen LogP contribution is 1.91. The third kappa shape index (κ3) is 2.99. The van der Waals surface area contributed by atoms with Crippen LogP contribution in [0.1, 0.15) is 10.6 Å². The van der Waals surface area contributed by atoms with Gasteiger partial charge in [-0.3, -0.25) is 14.7 Å². The number of nitrogens with one attached hydrogen (secondary N) is 2. The fraction of sp³-hybridized carbons (Fsp3) is 0.500. The first-order valence-corrected chi connectivity index (χ1v) is 3.83. The lowest BCUT2D eigenvalue weighted by Gasteiger charge is -2.02. The lowest BCUT2D eigenvalue weighted by Crippen LogP contribution is -2.26. The number of hydrogen-bond acceptors (Lipinski definition) is 6. The van der Waals surface area contributed by atoms with E-state index in [9.17, 15) is 4.79 Å². The number of anilines is 1. The van der Waals surface area contributed by atoms with Gasteiger partial charge in [-0.1, -0.05) is 0 Å². The van der Waals surface area contributed by atoms with E-state index in [-0.39, 0.29) is 18.4 Å². The number of nitrogens with zero attached hydrogens (tertiary/aromatic N) is 2. The SMILES string of the molecule is COCCONC(=O)c1nc(N)n[nH]1. The Labute approximate surface area is 79.7 Å². The van der Waals surface area contributed by atoms with Gasteiger partial charge in [0.2, 0.25) is 11.8 Å². The van der Waals surface area contributed by atoms with E-state index in [1.54, 1.807) is 0 Å². The van der Waals surface area contributed by atoms with Gasteiger partial charge < -0.3 is 10.5 Å². The number of hydrogen-bond donors (Lipinski definition) is 3. The zero-order valence-electron chi connectivity index (χ0n) is 7.61. The molecule has 1 aromatic rings. The Hall–Kier alpha value is -1.67. The van der Waals surface area contributed by atoms with Crippen molar-refractivity contribution in [2.45, 2.75) is 0 Å². The van der Waals surface area contributed by atoms with Gasteiger partial charge in [0.25, 0.3) is 0 Å². The molecule has 0 saturated carbocycles. The standard InChI is InChI=1S/C6H11N5O3/c1-13-2-3-14-11-5(12)4-8-6(7)10-9-4/h2-3H2,1H3,(H,11,12)(H3,7,8,9,10). The normalized spacial score (nSPS) is 10.1. The van der Waals surface area contributed by atoms with Crippen LogP contribution in [0.4, 0.5) is 5.95 Å². The van der Waals surface area contributed by atoms with Crippen LogP contribution >= 0.6 is 0 Å². The monoisotopic (exact) mass is 201 g/mol. The lowest BCUT2D eigenvalue weighted by atomic mass is 10.6. The van der Waals surface area contributed by atoms with Crippen molar-refractivity contribution in [2.75, 3.05) is 26.1 Å². The first kappa shape index (κ1) is 10.4. The van der Waals surface area contributed by atoms with E-state index >= 15 is 0 Å². The van der Waals surface area contributed by atoms with Crippen molar-refractivity contribution < 1.29 is 14.4 Å². The van der Waals surface area contributed by atoms with Gasteiger partial charge in [0.05, 0.1) is 13.2 Å². The summed E-state index contributed by atoms with van der Waals surface area (Å²) in [5.74, 6) is -0.530. The predicted molar refractivity (Wildman–Crippen MR) is 46.1 cm³/mol. The number of aromatic amines is 1. The number of carbonyl (C=O) groups excluding carboxylic acids is 1. The average Bonchev–Trinajstić information content (AvgIpc) is 2.59. The number of rotatable bonds is 5. The Kier molecular flexibility index (Phi) is 3.83. The number of hydroxylamine groups is 1. The number of methoxy groups -OCH3 is 1. The molecule has 1 heterocycles. The molecule has 8 nitrogen and oxygen atoms in total. The molecule has 0 radical (unpaired) electrons. The van der Waals surface area contributed by atoms with E-state index in [0.717, 1.165) is 0 Å². The zero-order valence-corrected chi connectivity index (χ0v) is 7.61. The maximum Gasteiger partial charge on any atom is 0.312 e. The van der Waals surface area contributed by atoms with Crippen LogP contribution in [0.5, 0.6) is 0 Å². The molecule has 1 aromatic heterocycles. The van der Waals surface area contributed by atoms with Gasteiger partial charge in [-0.2, -0.15) is 4.98 Å². The van der Waals surface area contributed by atoms with Gasteiger partial charge >= 0.3 is 5.91 Å². The highest BCUT2D eigenvalue weighted by Gasteiger charge is 2.09. The summed E-state index contributed by atoms with van der Waals surface area (Å²) in [6.45, 7) is 0.644. The minimum absolute atomic E-state index is 0.0000770. The van der Waals surface area contributed by atoms with E-state index in [1.165, 1.54) is 7.11 Å². The first-order chi connectivity index (χ1) is 6.74. The molecule has 0 saturated heterocycles. The van der Waals surface area contributed by atoms with E-state index in [0.29, 0.717) is 6.61 Å². The summed E-state index contributed by atoms with van der Waals surface area (Å²) in [7, 11) is 1.53. The molecule has 0 aliphatic carbocycles. The number of nitrogens with two attached hydrogens (primary N) is 1. The Morgan fingerprint density at radius 1 is 1.64 bits per heavy atom. The molecule has 0 aliphatic heterocycles. The van der Waals surface area contributed by atoms with E-state index in [1.807, 2.05) is 0 Å². The fourth-order valence-electron chi connectivity index (χ4n) is 0.666. The number of H-pyrrole nitrogens is 1.